The molecule has 0 spiro atoms. The lowest BCUT2D eigenvalue weighted by molar-refractivity contribution is 0.00749. The van der Waals surface area contributed by atoms with E-state index < -0.39 is 15.9 Å². The Morgan fingerprint density at radius 3 is 2.58 bits per heavy atom. The van der Waals surface area contributed by atoms with Gasteiger partial charge in [0.15, 0.2) is 5.82 Å². The fraction of sp³-hybridized carbons (Fsp3) is 0.875. The molecule has 1 atom stereocenters. The van der Waals surface area contributed by atoms with Crippen LogP contribution < -0.4 is 10.0 Å². The number of halogens is 2. The van der Waals surface area contributed by atoms with Crippen LogP contribution in [0.15, 0.2) is 4.52 Å². The van der Waals surface area contributed by atoms with Crippen molar-refractivity contribution in [2.75, 3.05) is 17.6 Å². The Labute approximate surface area is 152 Å². The van der Waals surface area contributed by atoms with Gasteiger partial charge in [-0.2, -0.15) is 4.98 Å². The Hall–Kier alpha value is -1.29. The minimum absolute atomic E-state index is 0.0936. The molecule has 2 aliphatic rings. The van der Waals surface area contributed by atoms with Crippen LogP contribution in [0, 0.1) is 5.92 Å². The summed E-state index contributed by atoms with van der Waals surface area (Å²) in [6.45, 7) is 2.10. The van der Waals surface area contributed by atoms with Gasteiger partial charge < -0.3 is 9.84 Å². The van der Waals surface area contributed by atoms with E-state index in [4.69, 9.17) is 4.52 Å². The highest BCUT2D eigenvalue weighted by atomic mass is 32.2. The summed E-state index contributed by atoms with van der Waals surface area (Å²) in [5, 5.41) is 7.03. The molecule has 26 heavy (non-hydrogen) atoms. The van der Waals surface area contributed by atoms with Crippen LogP contribution in [0.3, 0.4) is 0 Å². The molecule has 0 aliphatic heterocycles. The Kier molecular flexibility index (Phi) is 5.81. The van der Waals surface area contributed by atoms with E-state index in [2.05, 4.69) is 20.2 Å². The van der Waals surface area contributed by atoms with E-state index in [1.807, 2.05) is 0 Å². The first-order chi connectivity index (χ1) is 12.3. The van der Waals surface area contributed by atoms with E-state index in [0.29, 0.717) is 24.7 Å². The molecule has 1 aromatic rings. The average molecular weight is 392 g/mol. The zero-order valence-electron chi connectivity index (χ0n) is 14.9. The van der Waals surface area contributed by atoms with Gasteiger partial charge in [-0.15, -0.1) is 0 Å². The summed E-state index contributed by atoms with van der Waals surface area (Å²) in [4.78, 5) is 4.24. The lowest BCUT2D eigenvalue weighted by Crippen LogP contribution is -2.34. The maximum absolute atomic E-state index is 13.3. The summed E-state index contributed by atoms with van der Waals surface area (Å²) in [5.41, 5.74) is 0. The van der Waals surface area contributed by atoms with Crippen molar-refractivity contribution >= 4 is 16.0 Å². The molecule has 2 saturated carbocycles. The van der Waals surface area contributed by atoms with Crippen LogP contribution in [0.25, 0.3) is 0 Å². The van der Waals surface area contributed by atoms with Gasteiger partial charge in [0, 0.05) is 31.3 Å². The molecule has 0 aromatic carbocycles. The number of rotatable bonds is 7. The van der Waals surface area contributed by atoms with Crippen LogP contribution in [-0.2, 0) is 10.0 Å². The minimum Gasteiger partial charge on any atom is -0.335 e. The summed E-state index contributed by atoms with van der Waals surface area (Å²) >= 11 is 0. The molecule has 1 heterocycles. The van der Waals surface area contributed by atoms with E-state index in [-0.39, 0.29) is 36.6 Å². The first kappa shape index (κ1) is 19.5. The molecule has 10 heteroatoms. The van der Waals surface area contributed by atoms with Crippen LogP contribution in [0.2, 0.25) is 0 Å². The van der Waals surface area contributed by atoms with Gasteiger partial charge >= 0.3 is 6.01 Å². The number of sulfonamides is 1. The number of nitrogens with one attached hydrogen (secondary N) is 2. The van der Waals surface area contributed by atoms with Gasteiger partial charge in [0.05, 0.1) is 5.75 Å². The molecular weight excluding hydrogens is 366 g/mol. The third kappa shape index (κ3) is 5.12. The third-order valence-electron chi connectivity index (χ3n) is 5.36. The standard InChI is InChI=1S/C16H26F2N4O3S/c1-2-26(23,24)19-10-11-3-5-13(6-4-11)20-15-21-14(22-25-15)12-7-8-16(17,18)9-12/h11-13,19H,2-10H2,1H3,(H,20,21,22). The molecule has 0 amide bonds. The van der Waals surface area contributed by atoms with Crippen molar-refractivity contribution in [2.45, 2.75) is 69.8 Å². The molecule has 3 rings (SSSR count). The molecule has 148 valence electrons. The number of hydrogen-bond donors (Lipinski definition) is 2. The monoisotopic (exact) mass is 392 g/mol. The van der Waals surface area contributed by atoms with Gasteiger partial charge in [0.2, 0.25) is 15.9 Å². The Balaban J connectivity index is 1.44. The van der Waals surface area contributed by atoms with Crippen LogP contribution in [0.5, 0.6) is 0 Å². The van der Waals surface area contributed by atoms with Crippen molar-refractivity contribution in [1.82, 2.24) is 14.9 Å². The molecule has 0 radical (unpaired) electrons. The first-order valence-electron chi connectivity index (χ1n) is 9.21. The molecule has 1 unspecified atom stereocenters. The fourth-order valence-electron chi connectivity index (χ4n) is 3.66. The average Bonchev–Trinajstić information content (AvgIpc) is 3.20. The van der Waals surface area contributed by atoms with Crippen molar-refractivity contribution in [3.63, 3.8) is 0 Å². The lowest BCUT2D eigenvalue weighted by atomic mass is 9.86. The Bertz CT molecular complexity index is 702. The predicted octanol–water partition coefficient (Wildman–Crippen LogP) is 2.88. The maximum Gasteiger partial charge on any atom is 0.321 e. The minimum atomic E-state index is -3.15. The van der Waals surface area contributed by atoms with E-state index >= 15 is 0 Å². The van der Waals surface area contributed by atoms with E-state index in [9.17, 15) is 17.2 Å². The number of aromatic nitrogens is 2. The SMILES string of the molecule is CCS(=O)(=O)NCC1CCC(Nc2nc(C3CCC(F)(F)C3)no2)CC1. The van der Waals surface area contributed by atoms with E-state index in [0.717, 1.165) is 25.7 Å². The van der Waals surface area contributed by atoms with Gasteiger partial charge in [-0.3, -0.25) is 0 Å². The second-order valence-corrected chi connectivity index (χ2v) is 9.46. The van der Waals surface area contributed by atoms with Crippen molar-refractivity contribution in [2.24, 2.45) is 5.92 Å². The molecule has 0 saturated heterocycles. The van der Waals surface area contributed by atoms with Gasteiger partial charge in [0.25, 0.3) is 0 Å². The highest BCUT2D eigenvalue weighted by Crippen LogP contribution is 2.43. The topological polar surface area (TPSA) is 97.1 Å². The summed E-state index contributed by atoms with van der Waals surface area (Å²) in [6.07, 6.45) is 3.59. The van der Waals surface area contributed by atoms with Crippen molar-refractivity contribution in [3.05, 3.63) is 5.82 Å². The molecular formula is C16H26F2N4O3S. The molecule has 2 N–H and O–H groups in total. The Morgan fingerprint density at radius 1 is 1.23 bits per heavy atom. The zero-order valence-corrected chi connectivity index (χ0v) is 15.7. The maximum atomic E-state index is 13.3. The second kappa shape index (κ2) is 7.75. The lowest BCUT2D eigenvalue weighted by Gasteiger charge is -2.28. The molecule has 0 bridgehead atoms. The summed E-state index contributed by atoms with van der Waals surface area (Å²) < 4.78 is 57.4. The Morgan fingerprint density at radius 2 is 1.96 bits per heavy atom. The van der Waals surface area contributed by atoms with E-state index in [1.165, 1.54) is 0 Å². The van der Waals surface area contributed by atoms with Crippen LogP contribution >= 0.6 is 0 Å². The quantitative estimate of drug-likeness (QED) is 0.741. The number of alkyl halides is 2. The van der Waals surface area contributed by atoms with Crippen LogP contribution in [-0.4, -0.2) is 42.8 Å². The second-order valence-electron chi connectivity index (χ2n) is 7.37. The number of nitrogens with zero attached hydrogens (tertiary/aromatic N) is 2. The smallest absolute Gasteiger partial charge is 0.321 e. The summed E-state index contributed by atoms with van der Waals surface area (Å²) in [7, 11) is -3.15. The molecule has 1 aromatic heterocycles. The molecule has 2 fully saturated rings. The van der Waals surface area contributed by atoms with Crippen molar-refractivity contribution in [3.8, 4) is 0 Å². The van der Waals surface area contributed by atoms with E-state index in [1.54, 1.807) is 6.92 Å². The highest BCUT2D eigenvalue weighted by molar-refractivity contribution is 7.89. The molecule has 2 aliphatic carbocycles. The van der Waals surface area contributed by atoms with Crippen LogP contribution in [0.1, 0.15) is 63.6 Å². The fourth-order valence-corrected chi connectivity index (χ4v) is 4.36. The number of anilines is 1. The predicted molar refractivity (Wildman–Crippen MR) is 92.7 cm³/mol. The first-order valence-corrected chi connectivity index (χ1v) is 10.9. The number of hydrogen-bond acceptors (Lipinski definition) is 6. The van der Waals surface area contributed by atoms with Crippen LogP contribution in [0.4, 0.5) is 14.8 Å². The van der Waals surface area contributed by atoms with Crippen molar-refractivity contribution < 1.29 is 21.7 Å². The normalized spacial score (nSPS) is 29.0. The van der Waals surface area contributed by atoms with Crippen molar-refractivity contribution in [1.29, 1.82) is 0 Å². The van der Waals surface area contributed by atoms with Gasteiger partial charge in [-0.05, 0) is 44.9 Å². The van der Waals surface area contributed by atoms with Gasteiger partial charge in [0.1, 0.15) is 0 Å². The molecule has 7 nitrogen and oxygen atoms in total. The zero-order chi connectivity index (χ0) is 18.8. The van der Waals surface area contributed by atoms with Gasteiger partial charge in [-0.25, -0.2) is 21.9 Å². The summed E-state index contributed by atoms with van der Waals surface area (Å²) in [6, 6.07) is 0.456. The highest BCUT2D eigenvalue weighted by Gasteiger charge is 2.42. The third-order valence-corrected chi connectivity index (χ3v) is 6.72. The van der Waals surface area contributed by atoms with Gasteiger partial charge in [-0.1, -0.05) is 5.16 Å². The largest absolute Gasteiger partial charge is 0.335 e. The summed E-state index contributed by atoms with van der Waals surface area (Å²) in [5.74, 6) is -2.19.